The highest BCUT2D eigenvalue weighted by atomic mass is 16.3. The third-order valence-corrected chi connectivity index (χ3v) is 5.33. The van der Waals surface area contributed by atoms with Crippen molar-refractivity contribution in [3.05, 3.63) is 82.7 Å². The van der Waals surface area contributed by atoms with Crippen molar-refractivity contribution >= 4 is 17.4 Å². The van der Waals surface area contributed by atoms with Crippen molar-refractivity contribution in [3.63, 3.8) is 0 Å². The summed E-state index contributed by atoms with van der Waals surface area (Å²) >= 11 is 0. The first-order valence-corrected chi connectivity index (χ1v) is 9.49. The molecule has 1 atom stereocenters. The van der Waals surface area contributed by atoms with Gasteiger partial charge in [0.15, 0.2) is 0 Å². The van der Waals surface area contributed by atoms with Gasteiger partial charge in [-0.05, 0) is 37.6 Å². The van der Waals surface area contributed by atoms with Crippen LogP contribution < -0.4 is 0 Å². The van der Waals surface area contributed by atoms with Gasteiger partial charge in [-0.15, -0.1) is 0 Å². The van der Waals surface area contributed by atoms with Crippen LogP contribution in [0.2, 0.25) is 0 Å². The van der Waals surface area contributed by atoms with Crippen LogP contribution in [-0.2, 0) is 23.2 Å². The molecule has 0 radical (unpaired) electrons. The average molecular weight is 403 g/mol. The van der Waals surface area contributed by atoms with Gasteiger partial charge in [-0.2, -0.15) is 5.10 Å². The number of Topliss-reactive ketones (excluding diaryl/α,β-unsaturated/α-hetero) is 1. The lowest BCUT2D eigenvalue weighted by atomic mass is 9.97. The van der Waals surface area contributed by atoms with E-state index >= 15 is 0 Å². The van der Waals surface area contributed by atoms with Crippen LogP contribution in [0, 0.1) is 13.8 Å². The molecule has 0 aromatic carbocycles. The lowest BCUT2D eigenvalue weighted by molar-refractivity contribution is -0.140. The molecule has 1 aliphatic rings. The zero-order valence-corrected chi connectivity index (χ0v) is 16.9. The summed E-state index contributed by atoms with van der Waals surface area (Å²) in [6.07, 6.45) is 4.88. The summed E-state index contributed by atoms with van der Waals surface area (Å²) in [4.78, 5) is 35.9. The second kappa shape index (κ2) is 7.55. The van der Waals surface area contributed by atoms with Crippen LogP contribution in [0.3, 0.4) is 0 Å². The van der Waals surface area contributed by atoms with Gasteiger partial charge in [0, 0.05) is 37.9 Å². The third kappa shape index (κ3) is 3.16. The van der Waals surface area contributed by atoms with Crippen LogP contribution in [0.25, 0.3) is 5.76 Å². The van der Waals surface area contributed by atoms with Gasteiger partial charge in [0.05, 0.1) is 22.5 Å². The van der Waals surface area contributed by atoms with Crippen molar-refractivity contribution in [1.82, 2.24) is 24.6 Å². The van der Waals surface area contributed by atoms with Crippen LogP contribution in [0.15, 0.2) is 54.5 Å². The van der Waals surface area contributed by atoms with Gasteiger partial charge in [0.2, 0.25) is 0 Å². The Morgan fingerprint density at radius 2 is 1.93 bits per heavy atom. The van der Waals surface area contributed by atoms with Crippen molar-refractivity contribution in [1.29, 1.82) is 0 Å². The topological polar surface area (TPSA) is 101 Å². The molecule has 0 aliphatic carbocycles. The fourth-order valence-electron chi connectivity index (χ4n) is 3.83. The molecule has 4 heterocycles. The van der Waals surface area contributed by atoms with Crippen molar-refractivity contribution in [2.45, 2.75) is 26.4 Å². The number of amides is 1. The normalized spacial score (nSPS) is 18.2. The molecule has 30 heavy (non-hydrogen) atoms. The van der Waals surface area contributed by atoms with E-state index in [0.29, 0.717) is 22.6 Å². The molecule has 1 amide bonds. The van der Waals surface area contributed by atoms with Gasteiger partial charge in [-0.3, -0.25) is 24.2 Å². The standard InChI is InChI=1S/C22H21N5O3/c1-13-17(14(2)26(3)25-13)20(28)18-19(16-8-4-5-10-24-16)27(22(30)21(18)29)12-15-7-6-9-23-11-15/h4-11,19,28H,12H2,1-3H3/b20-18+/t19-/m0/s1. The predicted octanol–water partition coefficient (Wildman–Crippen LogP) is 2.45. The number of hydrogen-bond donors (Lipinski definition) is 1. The molecule has 0 spiro atoms. The molecular formula is C22H21N5O3. The quantitative estimate of drug-likeness (QED) is 0.408. The van der Waals surface area contributed by atoms with E-state index in [0.717, 1.165) is 5.56 Å². The van der Waals surface area contributed by atoms with Gasteiger partial charge in [0.25, 0.3) is 11.7 Å². The Bertz CT molecular complexity index is 1150. The molecule has 4 rings (SSSR count). The summed E-state index contributed by atoms with van der Waals surface area (Å²) in [6, 6.07) is 8.06. The van der Waals surface area contributed by atoms with E-state index in [1.54, 1.807) is 68.4 Å². The van der Waals surface area contributed by atoms with E-state index in [4.69, 9.17) is 0 Å². The van der Waals surface area contributed by atoms with E-state index in [2.05, 4.69) is 15.1 Å². The highest BCUT2D eigenvalue weighted by molar-refractivity contribution is 6.46. The molecule has 0 unspecified atom stereocenters. The van der Waals surface area contributed by atoms with Gasteiger partial charge >= 0.3 is 0 Å². The first kappa shape index (κ1) is 19.5. The fourth-order valence-corrected chi connectivity index (χ4v) is 3.83. The van der Waals surface area contributed by atoms with E-state index in [1.165, 1.54) is 4.90 Å². The maximum Gasteiger partial charge on any atom is 0.296 e. The summed E-state index contributed by atoms with van der Waals surface area (Å²) < 4.78 is 1.63. The molecular weight excluding hydrogens is 382 g/mol. The SMILES string of the molecule is Cc1nn(C)c(C)c1/C(O)=C1\C(=O)C(=O)N(Cc2cccnc2)[C@H]1c1ccccn1. The maximum absolute atomic E-state index is 13.1. The lowest BCUT2D eigenvalue weighted by Crippen LogP contribution is -2.29. The Hall–Kier alpha value is -3.81. The molecule has 3 aromatic heterocycles. The maximum atomic E-state index is 13.1. The number of carbonyl (C=O) groups excluding carboxylic acids is 2. The van der Waals surface area contributed by atoms with E-state index < -0.39 is 17.7 Å². The predicted molar refractivity (Wildman–Crippen MR) is 109 cm³/mol. The Labute approximate surface area is 173 Å². The molecule has 0 bridgehead atoms. The molecule has 1 aliphatic heterocycles. The van der Waals surface area contributed by atoms with Crippen molar-refractivity contribution < 1.29 is 14.7 Å². The Morgan fingerprint density at radius 1 is 1.13 bits per heavy atom. The van der Waals surface area contributed by atoms with Crippen LogP contribution in [-0.4, -0.2) is 41.4 Å². The van der Waals surface area contributed by atoms with Crippen LogP contribution in [0.1, 0.15) is 34.3 Å². The number of rotatable bonds is 4. The zero-order valence-electron chi connectivity index (χ0n) is 16.9. The number of nitrogens with zero attached hydrogens (tertiary/aromatic N) is 5. The van der Waals surface area contributed by atoms with Gasteiger partial charge in [-0.25, -0.2) is 0 Å². The third-order valence-electron chi connectivity index (χ3n) is 5.33. The second-order valence-electron chi connectivity index (χ2n) is 7.21. The first-order valence-electron chi connectivity index (χ1n) is 9.49. The molecule has 152 valence electrons. The molecule has 1 N–H and O–H groups in total. The molecule has 1 fully saturated rings. The van der Waals surface area contributed by atoms with Gasteiger partial charge < -0.3 is 10.0 Å². The minimum atomic E-state index is -0.814. The second-order valence-corrected chi connectivity index (χ2v) is 7.21. The Morgan fingerprint density at radius 3 is 2.53 bits per heavy atom. The zero-order chi connectivity index (χ0) is 21.4. The van der Waals surface area contributed by atoms with Crippen molar-refractivity contribution in [3.8, 4) is 0 Å². The monoisotopic (exact) mass is 403 g/mol. The molecule has 0 saturated carbocycles. The largest absolute Gasteiger partial charge is 0.507 e. The smallest absolute Gasteiger partial charge is 0.296 e. The van der Waals surface area contributed by atoms with Crippen LogP contribution in [0.5, 0.6) is 0 Å². The van der Waals surface area contributed by atoms with E-state index in [1.807, 2.05) is 6.07 Å². The Balaban J connectivity index is 1.90. The summed E-state index contributed by atoms with van der Waals surface area (Å²) in [6.45, 7) is 3.72. The lowest BCUT2D eigenvalue weighted by Gasteiger charge is -2.24. The number of hydrogen-bond acceptors (Lipinski definition) is 6. The average Bonchev–Trinajstić information content (AvgIpc) is 3.15. The minimum Gasteiger partial charge on any atom is -0.507 e. The summed E-state index contributed by atoms with van der Waals surface area (Å²) in [7, 11) is 1.76. The summed E-state index contributed by atoms with van der Waals surface area (Å²) in [5, 5.41) is 15.5. The molecule has 3 aromatic rings. The first-order chi connectivity index (χ1) is 14.4. The van der Waals surface area contributed by atoms with Crippen LogP contribution >= 0.6 is 0 Å². The van der Waals surface area contributed by atoms with Gasteiger partial charge in [-0.1, -0.05) is 12.1 Å². The molecule has 8 heteroatoms. The number of aliphatic hydroxyl groups is 1. The number of aromatic nitrogens is 4. The summed E-state index contributed by atoms with van der Waals surface area (Å²) in [5.74, 6) is -1.66. The fraction of sp³-hybridized carbons (Fsp3) is 0.227. The highest BCUT2D eigenvalue weighted by Crippen LogP contribution is 2.40. The van der Waals surface area contributed by atoms with Crippen LogP contribution in [0.4, 0.5) is 0 Å². The minimum absolute atomic E-state index is 0.0155. The number of likely N-dealkylation sites (tertiary alicyclic amines) is 1. The molecule has 8 nitrogen and oxygen atoms in total. The van der Waals surface area contributed by atoms with Gasteiger partial charge in [0.1, 0.15) is 11.8 Å². The van der Waals surface area contributed by atoms with E-state index in [9.17, 15) is 14.7 Å². The number of aliphatic hydroxyl groups excluding tert-OH is 1. The number of aryl methyl sites for hydroxylation is 2. The Kier molecular flexibility index (Phi) is 4.91. The summed E-state index contributed by atoms with van der Waals surface area (Å²) in [5.41, 5.74) is 3.02. The number of ketones is 1. The molecule has 1 saturated heterocycles. The number of carbonyl (C=O) groups is 2. The number of pyridine rings is 2. The van der Waals surface area contributed by atoms with E-state index in [-0.39, 0.29) is 17.9 Å². The van der Waals surface area contributed by atoms with Crippen molar-refractivity contribution in [2.75, 3.05) is 0 Å². The van der Waals surface area contributed by atoms with Crippen molar-refractivity contribution in [2.24, 2.45) is 7.05 Å². The highest BCUT2D eigenvalue weighted by Gasteiger charge is 2.47.